The van der Waals surface area contributed by atoms with Gasteiger partial charge in [-0.1, -0.05) is 0 Å². The number of hydrogen-bond donors (Lipinski definition) is 1. The zero-order chi connectivity index (χ0) is 28.0. The molecule has 0 aliphatic carbocycles. The van der Waals surface area contributed by atoms with Gasteiger partial charge in [-0.3, -0.25) is 34.6 Å². The molecule has 2 aromatic rings. The van der Waals surface area contributed by atoms with Gasteiger partial charge in [0.25, 0.3) is 23.2 Å². The first-order valence-electron chi connectivity index (χ1n) is 11.9. The molecule has 0 bridgehead atoms. The molecule has 2 unspecified atom stereocenters. The SMILES string of the molecule is O=C(O)c1cc2c(cc1[N+](=O)[O-])C(=O)N1CCCC1O2.O=Cc1cc2c(cc1[N+](=O)[O-])C(=O)N1CCCC1O2. The van der Waals surface area contributed by atoms with E-state index in [-0.39, 0.29) is 51.9 Å². The van der Waals surface area contributed by atoms with Crippen LogP contribution >= 0.6 is 0 Å². The standard InChI is InChI=1S/C12H10N2O6.C12H10N2O5/c15-11-7-4-8(14(18)19)6(12(16)17)5-9(7)20-10-2-1-3-13(10)11;15-6-7-4-10-8(5-9(7)14(17)18)12(16)13-3-1-2-11(13)19-10/h4-5,10H,1-3H2,(H,16,17);4-6,11H,1-3H2. The van der Waals surface area contributed by atoms with Gasteiger partial charge < -0.3 is 24.4 Å². The van der Waals surface area contributed by atoms with Gasteiger partial charge in [-0.05, 0) is 18.9 Å². The van der Waals surface area contributed by atoms with Crippen LogP contribution in [-0.2, 0) is 0 Å². The van der Waals surface area contributed by atoms with Gasteiger partial charge in [-0.15, -0.1) is 0 Å². The molecule has 4 aliphatic rings. The fourth-order valence-electron chi connectivity index (χ4n) is 5.04. The Bertz CT molecular complexity index is 1460. The Morgan fingerprint density at radius 3 is 1.82 bits per heavy atom. The predicted molar refractivity (Wildman–Crippen MR) is 128 cm³/mol. The van der Waals surface area contributed by atoms with Gasteiger partial charge in [0.15, 0.2) is 18.7 Å². The summed E-state index contributed by atoms with van der Waals surface area (Å²) in [7, 11) is 0. The molecule has 1 N–H and O–H groups in total. The Kier molecular flexibility index (Phi) is 6.33. The Balaban J connectivity index is 0.000000158. The maximum Gasteiger partial charge on any atom is 0.342 e. The highest BCUT2D eigenvalue weighted by atomic mass is 16.6. The van der Waals surface area contributed by atoms with E-state index in [0.717, 1.165) is 37.5 Å². The number of nitro groups is 2. The van der Waals surface area contributed by atoms with Crippen LogP contribution in [0.3, 0.4) is 0 Å². The number of carboxylic acid groups (broad SMARTS) is 1. The van der Waals surface area contributed by atoms with Crippen molar-refractivity contribution in [2.75, 3.05) is 13.1 Å². The van der Waals surface area contributed by atoms with E-state index in [1.54, 1.807) is 4.90 Å². The van der Waals surface area contributed by atoms with E-state index >= 15 is 0 Å². The molecule has 6 rings (SSSR count). The number of rotatable bonds is 4. The second-order valence-electron chi connectivity index (χ2n) is 9.14. The molecule has 2 aromatic carbocycles. The van der Waals surface area contributed by atoms with E-state index in [9.17, 15) is 39.4 Å². The molecule has 15 nitrogen and oxygen atoms in total. The summed E-state index contributed by atoms with van der Waals surface area (Å²) in [5.74, 6) is -1.70. The van der Waals surface area contributed by atoms with Crippen LogP contribution in [-0.4, -0.2) is 74.4 Å². The van der Waals surface area contributed by atoms with E-state index in [4.69, 9.17) is 14.6 Å². The molecule has 2 amide bonds. The summed E-state index contributed by atoms with van der Waals surface area (Å²) in [4.78, 5) is 69.8. The van der Waals surface area contributed by atoms with Gasteiger partial charge in [0.05, 0.1) is 26.5 Å². The first-order valence-corrected chi connectivity index (χ1v) is 11.9. The first kappa shape index (κ1) is 25.6. The molecule has 0 aromatic heterocycles. The largest absolute Gasteiger partial charge is 0.477 e. The summed E-state index contributed by atoms with van der Waals surface area (Å²) < 4.78 is 11.2. The fourth-order valence-corrected chi connectivity index (χ4v) is 5.04. The number of nitro benzene ring substituents is 2. The molecule has 15 heteroatoms. The second kappa shape index (κ2) is 9.66. The Labute approximate surface area is 218 Å². The van der Waals surface area contributed by atoms with Crippen LogP contribution < -0.4 is 9.47 Å². The molecule has 2 saturated heterocycles. The number of carbonyl (C=O) groups excluding carboxylic acids is 3. The van der Waals surface area contributed by atoms with E-state index in [1.807, 2.05) is 0 Å². The molecule has 202 valence electrons. The number of fused-ring (bicyclic) bond motifs is 4. The summed E-state index contributed by atoms with van der Waals surface area (Å²) >= 11 is 0. The third-order valence-corrected chi connectivity index (χ3v) is 6.88. The van der Waals surface area contributed by atoms with Crippen LogP contribution in [0.5, 0.6) is 11.5 Å². The zero-order valence-electron chi connectivity index (χ0n) is 20.1. The lowest BCUT2D eigenvalue weighted by atomic mass is 10.1. The lowest BCUT2D eigenvalue weighted by molar-refractivity contribution is -0.385. The summed E-state index contributed by atoms with van der Waals surface area (Å²) in [6, 6.07) is 4.43. The van der Waals surface area contributed by atoms with E-state index in [0.29, 0.717) is 25.8 Å². The van der Waals surface area contributed by atoms with Gasteiger partial charge in [0, 0.05) is 44.1 Å². The minimum atomic E-state index is -1.43. The molecular weight excluding hydrogens is 520 g/mol. The number of aromatic carboxylic acids is 1. The smallest absolute Gasteiger partial charge is 0.342 e. The number of carbonyl (C=O) groups is 4. The van der Waals surface area contributed by atoms with Crippen LogP contribution in [0.25, 0.3) is 0 Å². The topological polar surface area (TPSA) is 200 Å². The monoisotopic (exact) mass is 540 g/mol. The van der Waals surface area contributed by atoms with Crippen LogP contribution in [0.1, 0.15) is 67.1 Å². The Morgan fingerprint density at radius 2 is 1.36 bits per heavy atom. The molecule has 2 atom stereocenters. The van der Waals surface area contributed by atoms with Crippen molar-refractivity contribution < 1.29 is 43.6 Å². The van der Waals surface area contributed by atoms with Gasteiger partial charge in [-0.25, -0.2) is 4.79 Å². The highest BCUT2D eigenvalue weighted by molar-refractivity contribution is 6.02. The number of hydrogen-bond acceptors (Lipinski definition) is 10. The minimum absolute atomic E-state index is 0.0415. The summed E-state index contributed by atoms with van der Waals surface area (Å²) in [5, 5.41) is 30.8. The summed E-state index contributed by atoms with van der Waals surface area (Å²) in [6.45, 7) is 1.13. The van der Waals surface area contributed by atoms with Crippen LogP contribution in [0.2, 0.25) is 0 Å². The van der Waals surface area contributed by atoms with Crippen molar-refractivity contribution in [3.8, 4) is 11.5 Å². The maximum absolute atomic E-state index is 12.2. The number of carboxylic acids is 1. The van der Waals surface area contributed by atoms with E-state index < -0.39 is 33.3 Å². The molecule has 2 fully saturated rings. The van der Waals surface area contributed by atoms with Gasteiger partial charge in [0.1, 0.15) is 17.1 Å². The van der Waals surface area contributed by atoms with Crippen LogP contribution in [0.15, 0.2) is 24.3 Å². The third kappa shape index (κ3) is 4.36. The molecule has 0 spiro atoms. The molecule has 39 heavy (non-hydrogen) atoms. The number of nitrogens with zero attached hydrogens (tertiary/aromatic N) is 4. The van der Waals surface area contributed by atoms with Crippen molar-refractivity contribution in [3.05, 3.63) is 66.7 Å². The Morgan fingerprint density at radius 1 is 0.872 bits per heavy atom. The van der Waals surface area contributed by atoms with Gasteiger partial charge >= 0.3 is 5.97 Å². The number of amides is 2. The minimum Gasteiger partial charge on any atom is -0.477 e. The molecule has 0 saturated carbocycles. The van der Waals surface area contributed by atoms with Crippen molar-refractivity contribution in [1.82, 2.24) is 9.80 Å². The number of aldehydes is 1. The van der Waals surface area contributed by atoms with Crippen LogP contribution in [0.4, 0.5) is 11.4 Å². The number of benzene rings is 2. The molecule has 0 radical (unpaired) electrons. The van der Waals surface area contributed by atoms with Crippen molar-refractivity contribution in [3.63, 3.8) is 0 Å². The van der Waals surface area contributed by atoms with Crippen molar-refractivity contribution >= 4 is 35.4 Å². The normalized spacial score (nSPS) is 20.3. The third-order valence-electron chi connectivity index (χ3n) is 6.88. The second-order valence-corrected chi connectivity index (χ2v) is 9.14. The lowest BCUT2D eigenvalue weighted by Crippen LogP contribution is -2.43. The zero-order valence-corrected chi connectivity index (χ0v) is 20.1. The summed E-state index contributed by atoms with van der Waals surface area (Å²) in [5.41, 5.74) is -1.35. The highest BCUT2D eigenvalue weighted by Gasteiger charge is 2.40. The fraction of sp³-hybridized carbons (Fsp3) is 0.333. The number of ether oxygens (including phenoxy) is 2. The van der Waals surface area contributed by atoms with E-state index in [2.05, 4.69) is 0 Å². The first-order chi connectivity index (χ1) is 18.6. The van der Waals surface area contributed by atoms with Crippen molar-refractivity contribution in [2.45, 2.75) is 38.1 Å². The average Bonchev–Trinajstić information content (AvgIpc) is 3.57. The van der Waals surface area contributed by atoms with Crippen molar-refractivity contribution in [1.29, 1.82) is 0 Å². The van der Waals surface area contributed by atoms with Gasteiger partial charge in [0.2, 0.25) is 0 Å². The van der Waals surface area contributed by atoms with Crippen molar-refractivity contribution in [2.24, 2.45) is 0 Å². The van der Waals surface area contributed by atoms with Crippen LogP contribution in [0, 0.1) is 20.2 Å². The molecule has 4 aliphatic heterocycles. The average molecular weight is 540 g/mol. The maximum atomic E-state index is 12.2. The predicted octanol–water partition coefficient (Wildman–Crippen LogP) is 2.61. The van der Waals surface area contributed by atoms with E-state index in [1.165, 1.54) is 11.0 Å². The molecule has 4 heterocycles. The summed E-state index contributed by atoms with van der Waals surface area (Å²) in [6.07, 6.45) is 2.71. The Hall–Kier alpha value is -5.08. The highest BCUT2D eigenvalue weighted by Crippen LogP contribution is 2.38. The van der Waals surface area contributed by atoms with Gasteiger partial charge in [-0.2, -0.15) is 0 Å². The quantitative estimate of drug-likeness (QED) is 0.339. The lowest BCUT2D eigenvalue weighted by Gasteiger charge is -2.31. The molecular formula is C24H20N4O11.